The van der Waals surface area contributed by atoms with Crippen LogP contribution in [-0.4, -0.2) is 40.5 Å². The second-order valence-electron chi connectivity index (χ2n) is 4.74. The third-order valence-electron chi connectivity index (χ3n) is 3.12. The Balaban J connectivity index is 1.82. The van der Waals surface area contributed by atoms with Crippen LogP contribution in [0.1, 0.15) is 38.1 Å². The second-order valence-corrected chi connectivity index (χ2v) is 4.74. The molecule has 1 N–H and O–H groups in total. The lowest BCUT2D eigenvalue weighted by Crippen LogP contribution is -2.22. The molecule has 6 heteroatoms. The molecule has 0 saturated heterocycles. The van der Waals surface area contributed by atoms with Crippen LogP contribution < -0.4 is 5.32 Å². The molecule has 1 saturated carbocycles. The lowest BCUT2D eigenvalue weighted by atomic mass is 10.1. The number of tetrazole rings is 1. The predicted molar refractivity (Wildman–Crippen MR) is 63.5 cm³/mol. The molecule has 1 aliphatic carbocycles. The van der Waals surface area contributed by atoms with Crippen molar-refractivity contribution in [3.63, 3.8) is 0 Å². The van der Waals surface area contributed by atoms with Crippen LogP contribution in [0.15, 0.2) is 0 Å². The quantitative estimate of drug-likeness (QED) is 0.679. The maximum absolute atomic E-state index is 4.98. The van der Waals surface area contributed by atoms with E-state index in [1.807, 2.05) is 4.68 Å². The molecule has 1 heterocycles. The fourth-order valence-electron chi connectivity index (χ4n) is 1.98. The SMILES string of the molecule is COCCNCc1nnnn1C(C)CC1CC1. The summed E-state index contributed by atoms with van der Waals surface area (Å²) < 4.78 is 6.92. The van der Waals surface area contributed by atoms with E-state index >= 15 is 0 Å². The van der Waals surface area contributed by atoms with Crippen molar-refractivity contribution < 1.29 is 4.74 Å². The molecule has 0 bridgehead atoms. The molecule has 0 spiro atoms. The smallest absolute Gasteiger partial charge is 0.165 e. The average Bonchev–Trinajstić information content (AvgIpc) is 3.00. The summed E-state index contributed by atoms with van der Waals surface area (Å²) in [6, 6.07) is 0.400. The van der Waals surface area contributed by atoms with Gasteiger partial charge in [-0.05, 0) is 29.7 Å². The molecule has 0 radical (unpaired) electrons. The van der Waals surface area contributed by atoms with Gasteiger partial charge in [0.2, 0.25) is 0 Å². The van der Waals surface area contributed by atoms with Crippen LogP contribution in [0.25, 0.3) is 0 Å². The first kappa shape index (κ1) is 12.4. The number of ether oxygens (including phenoxy) is 1. The Kier molecular flexibility index (Phi) is 4.44. The van der Waals surface area contributed by atoms with Gasteiger partial charge in [-0.1, -0.05) is 12.8 Å². The van der Waals surface area contributed by atoms with Crippen LogP contribution in [-0.2, 0) is 11.3 Å². The van der Waals surface area contributed by atoms with Crippen LogP contribution in [0.4, 0.5) is 0 Å². The Hall–Kier alpha value is -1.01. The minimum atomic E-state index is 0.400. The van der Waals surface area contributed by atoms with Crippen molar-refractivity contribution in [3.05, 3.63) is 5.82 Å². The van der Waals surface area contributed by atoms with Gasteiger partial charge in [-0.25, -0.2) is 4.68 Å². The lowest BCUT2D eigenvalue weighted by molar-refractivity contribution is 0.198. The molecular formula is C11H21N5O. The summed E-state index contributed by atoms with van der Waals surface area (Å²) in [6.07, 6.45) is 3.93. The van der Waals surface area contributed by atoms with Crippen LogP contribution in [0.5, 0.6) is 0 Å². The van der Waals surface area contributed by atoms with Crippen molar-refractivity contribution in [1.29, 1.82) is 0 Å². The van der Waals surface area contributed by atoms with Gasteiger partial charge in [-0.15, -0.1) is 5.10 Å². The summed E-state index contributed by atoms with van der Waals surface area (Å²) in [4.78, 5) is 0. The highest BCUT2D eigenvalue weighted by atomic mass is 16.5. The van der Waals surface area contributed by atoms with Crippen molar-refractivity contribution in [2.45, 2.75) is 38.8 Å². The summed E-state index contributed by atoms with van der Waals surface area (Å²) in [7, 11) is 1.70. The van der Waals surface area contributed by atoms with E-state index < -0.39 is 0 Å². The standard InChI is InChI=1S/C11H21N5O/c1-9(7-10-3-4-10)16-11(13-14-15-16)8-12-5-6-17-2/h9-10,12H,3-8H2,1-2H3. The Labute approximate surface area is 102 Å². The van der Waals surface area contributed by atoms with E-state index in [9.17, 15) is 0 Å². The van der Waals surface area contributed by atoms with Crippen molar-refractivity contribution in [1.82, 2.24) is 25.5 Å². The van der Waals surface area contributed by atoms with E-state index in [2.05, 4.69) is 27.8 Å². The molecule has 6 nitrogen and oxygen atoms in total. The first-order valence-electron chi connectivity index (χ1n) is 6.27. The Morgan fingerprint density at radius 3 is 3.06 bits per heavy atom. The molecule has 0 amide bonds. The maximum atomic E-state index is 4.98. The minimum Gasteiger partial charge on any atom is -0.383 e. The van der Waals surface area contributed by atoms with Gasteiger partial charge in [-0.3, -0.25) is 0 Å². The van der Waals surface area contributed by atoms with Gasteiger partial charge in [0.25, 0.3) is 0 Å². The van der Waals surface area contributed by atoms with E-state index in [1.54, 1.807) is 7.11 Å². The van der Waals surface area contributed by atoms with Gasteiger partial charge in [0, 0.05) is 13.7 Å². The molecule has 2 rings (SSSR count). The Bertz CT molecular complexity index is 336. The van der Waals surface area contributed by atoms with Gasteiger partial charge >= 0.3 is 0 Å². The monoisotopic (exact) mass is 239 g/mol. The second kappa shape index (κ2) is 6.07. The van der Waals surface area contributed by atoms with Gasteiger partial charge < -0.3 is 10.1 Å². The number of hydrogen-bond donors (Lipinski definition) is 1. The number of nitrogens with one attached hydrogen (secondary N) is 1. The van der Waals surface area contributed by atoms with E-state index in [-0.39, 0.29) is 0 Å². The fraction of sp³-hybridized carbons (Fsp3) is 0.909. The van der Waals surface area contributed by atoms with E-state index in [0.29, 0.717) is 19.2 Å². The molecule has 0 aliphatic heterocycles. The molecule has 0 aromatic carbocycles. The summed E-state index contributed by atoms with van der Waals surface area (Å²) in [5.74, 6) is 1.80. The number of methoxy groups -OCH3 is 1. The van der Waals surface area contributed by atoms with Gasteiger partial charge in [-0.2, -0.15) is 0 Å². The maximum Gasteiger partial charge on any atom is 0.165 e. The summed E-state index contributed by atoms with van der Waals surface area (Å²) in [5, 5.41) is 15.2. The van der Waals surface area contributed by atoms with Crippen molar-refractivity contribution in [3.8, 4) is 0 Å². The van der Waals surface area contributed by atoms with Crippen LogP contribution in [0.2, 0.25) is 0 Å². The van der Waals surface area contributed by atoms with Crippen LogP contribution in [0.3, 0.4) is 0 Å². The zero-order valence-electron chi connectivity index (χ0n) is 10.6. The molecule has 96 valence electrons. The van der Waals surface area contributed by atoms with Crippen molar-refractivity contribution in [2.24, 2.45) is 5.92 Å². The van der Waals surface area contributed by atoms with Crippen LogP contribution >= 0.6 is 0 Å². The molecule has 1 aliphatic rings. The first-order chi connectivity index (χ1) is 8.31. The predicted octanol–water partition coefficient (Wildman–Crippen LogP) is 0.770. The van der Waals surface area contributed by atoms with E-state index in [1.165, 1.54) is 19.3 Å². The van der Waals surface area contributed by atoms with Gasteiger partial charge in [0.1, 0.15) is 0 Å². The Morgan fingerprint density at radius 2 is 2.35 bits per heavy atom. The number of hydrogen-bond acceptors (Lipinski definition) is 5. The topological polar surface area (TPSA) is 64.9 Å². The Morgan fingerprint density at radius 1 is 1.53 bits per heavy atom. The minimum absolute atomic E-state index is 0.400. The van der Waals surface area contributed by atoms with E-state index in [0.717, 1.165) is 18.3 Å². The zero-order valence-corrected chi connectivity index (χ0v) is 10.6. The molecule has 1 aromatic heterocycles. The van der Waals surface area contributed by atoms with Gasteiger partial charge in [0.15, 0.2) is 5.82 Å². The molecule has 1 fully saturated rings. The summed E-state index contributed by atoms with van der Waals surface area (Å²) in [6.45, 7) is 4.41. The molecule has 1 atom stereocenters. The first-order valence-corrected chi connectivity index (χ1v) is 6.27. The van der Waals surface area contributed by atoms with E-state index in [4.69, 9.17) is 4.74 Å². The van der Waals surface area contributed by atoms with Crippen molar-refractivity contribution >= 4 is 0 Å². The molecular weight excluding hydrogens is 218 g/mol. The van der Waals surface area contributed by atoms with Crippen LogP contribution in [0, 0.1) is 5.92 Å². The summed E-state index contributed by atoms with van der Waals surface area (Å²) in [5.41, 5.74) is 0. The van der Waals surface area contributed by atoms with Crippen molar-refractivity contribution in [2.75, 3.05) is 20.3 Å². The number of aromatic nitrogens is 4. The zero-order chi connectivity index (χ0) is 12.1. The third-order valence-corrected chi connectivity index (χ3v) is 3.12. The van der Waals surface area contributed by atoms with Gasteiger partial charge in [0.05, 0.1) is 19.2 Å². The normalized spacial score (nSPS) is 17.3. The lowest BCUT2D eigenvalue weighted by Gasteiger charge is -2.13. The highest BCUT2D eigenvalue weighted by molar-refractivity contribution is 4.85. The third kappa shape index (κ3) is 3.74. The highest BCUT2D eigenvalue weighted by Crippen LogP contribution is 2.36. The molecule has 1 unspecified atom stereocenters. The fourth-order valence-corrected chi connectivity index (χ4v) is 1.98. The largest absolute Gasteiger partial charge is 0.383 e. The highest BCUT2D eigenvalue weighted by Gasteiger charge is 2.25. The number of rotatable bonds is 8. The summed E-state index contributed by atoms with van der Waals surface area (Å²) >= 11 is 0. The molecule has 1 aromatic rings. The molecule has 17 heavy (non-hydrogen) atoms. The average molecular weight is 239 g/mol. The number of nitrogens with zero attached hydrogens (tertiary/aromatic N) is 4.